The first-order valence-electron chi connectivity index (χ1n) is 10.7. The van der Waals surface area contributed by atoms with Crippen LogP contribution in [0.4, 0.5) is 4.79 Å². The van der Waals surface area contributed by atoms with E-state index in [1.807, 2.05) is 33.9 Å². The summed E-state index contributed by atoms with van der Waals surface area (Å²) in [5.74, 6) is 0.973. The summed E-state index contributed by atoms with van der Waals surface area (Å²) in [6, 6.07) is 0. The Morgan fingerprint density at radius 2 is 1.72 bits per heavy atom. The molecule has 7 nitrogen and oxygen atoms in total. The first-order chi connectivity index (χ1) is 13.3. The quantitative estimate of drug-likeness (QED) is 0.527. The molecule has 29 heavy (non-hydrogen) atoms. The van der Waals surface area contributed by atoms with Crippen LogP contribution >= 0.6 is 0 Å². The average molecular weight is 407 g/mol. The molecule has 2 rings (SSSR count). The highest BCUT2D eigenvalue weighted by molar-refractivity contribution is 6.61. The molecular weight excluding hydrogens is 369 g/mol. The van der Waals surface area contributed by atoms with Gasteiger partial charge < -0.3 is 23.9 Å². The zero-order valence-corrected chi connectivity index (χ0v) is 19.4. The predicted molar refractivity (Wildman–Crippen MR) is 115 cm³/mol. The molecule has 0 saturated carbocycles. The second-order valence-corrected chi connectivity index (χ2v) is 9.84. The van der Waals surface area contributed by atoms with Crippen molar-refractivity contribution in [3.05, 3.63) is 12.0 Å². The SMILES string of the molecule is Cc1nc(B2OC(C)(C)C(C)(C)O2)cn1CCCCCCNC(=O)OC(C)(C)C. The van der Waals surface area contributed by atoms with Gasteiger partial charge >= 0.3 is 13.2 Å². The lowest BCUT2D eigenvalue weighted by Crippen LogP contribution is -2.41. The van der Waals surface area contributed by atoms with E-state index in [1.54, 1.807) is 0 Å². The Balaban J connectivity index is 1.69. The van der Waals surface area contributed by atoms with Gasteiger partial charge in [0.05, 0.1) is 16.8 Å². The van der Waals surface area contributed by atoms with Crippen LogP contribution in [0.25, 0.3) is 0 Å². The maximum absolute atomic E-state index is 11.6. The molecule has 0 atom stereocenters. The molecule has 1 aliphatic rings. The van der Waals surface area contributed by atoms with Gasteiger partial charge in [0.2, 0.25) is 0 Å². The van der Waals surface area contributed by atoms with E-state index in [2.05, 4.69) is 42.6 Å². The van der Waals surface area contributed by atoms with Gasteiger partial charge in [-0.3, -0.25) is 0 Å². The van der Waals surface area contributed by atoms with Crippen molar-refractivity contribution in [1.29, 1.82) is 0 Å². The maximum atomic E-state index is 11.6. The van der Waals surface area contributed by atoms with Crippen molar-refractivity contribution in [3.8, 4) is 0 Å². The molecule has 164 valence electrons. The monoisotopic (exact) mass is 407 g/mol. The number of hydrogen-bond donors (Lipinski definition) is 1. The minimum atomic E-state index is -0.453. The van der Waals surface area contributed by atoms with E-state index in [1.165, 1.54) is 0 Å². The Morgan fingerprint density at radius 3 is 2.31 bits per heavy atom. The summed E-state index contributed by atoms with van der Waals surface area (Å²) in [6.45, 7) is 17.4. The van der Waals surface area contributed by atoms with Gasteiger partial charge in [0, 0.05) is 19.3 Å². The first kappa shape index (κ1) is 23.7. The van der Waals surface area contributed by atoms with E-state index < -0.39 is 12.7 Å². The van der Waals surface area contributed by atoms with E-state index in [4.69, 9.17) is 14.0 Å². The summed E-state index contributed by atoms with van der Waals surface area (Å²) in [4.78, 5) is 16.2. The van der Waals surface area contributed by atoms with Crippen LogP contribution in [-0.4, -0.2) is 46.1 Å². The molecule has 0 bridgehead atoms. The second kappa shape index (κ2) is 9.08. The molecule has 1 aliphatic heterocycles. The van der Waals surface area contributed by atoms with Crippen LogP contribution in [0.15, 0.2) is 6.20 Å². The van der Waals surface area contributed by atoms with Crippen LogP contribution in [0.2, 0.25) is 0 Å². The number of nitrogens with zero attached hydrogens (tertiary/aromatic N) is 2. The lowest BCUT2D eigenvalue weighted by molar-refractivity contribution is 0.00578. The summed E-state index contributed by atoms with van der Waals surface area (Å²) in [5.41, 5.74) is -0.334. The summed E-state index contributed by atoms with van der Waals surface area (Å²) in [6.07, 6.45) is 5.87. The van der Waals surface area contributed by atoms with Crippen molar-refractivity contribution < 1.29 is 18.8 Å². The third-order valence-corrected chi connectivity index (χ3v) is 5.48. The van der Waals surface area contributed by atoms with Crippen molar-refractivity contribution in [3.63, 3.8) is 0 Å². The van der Waals surface area contributed by atoms with Crippen molar-refractivity contribution in [1.82, 2.24) is 14.9 Å². The summed E-state index contributed by atoms with van der Waals surface area (Å²) in [5, 5.41) is 2.80. The van der Waals surface area contributed by atoms with Gasteiger partial charge in [-0.05, 0) is 68.2 Å². The second-order valence-electron chi connectivity index (χ2n) is 9.84. The van der Waals surface area contributed by atoms with Crippen LogP contribution in [0.5, 0.6) is 0 Å². The van der Waals surface area contributed by atoms with Gasteiger partial charge in [-0.1, -0.05) is 12.8 Å². The molecule has 1 fully saturated rings. The Labute approximate surface area is 176 Å². The van der Waals surface area contributed by atoms with Crippen LogP contribution < -0.4 is 10.9 Å². The van der Waals surface area contributed by atoms with E-state index in [0.717, 1.165) is 43.6 Å². The smallest absolute Gasteiger partial charge is 0.444 e. The fourth-order valence-electron chi connectivity index (χ4n) is 3.10. The topological polar surface area (TPSA) is 74.6 Å². The highest BCUT2D eigenvalue weighted by atomic mass is 16.7. The number of amides is 1. The lowest BCUT2D eigenvalue weighted by Gasteiger charge is -2.32. The number of carbonyl (C=O) groups excluding carboxylic acids is 1. The number of aromatic nitrogens is 2. The zero-order chi connectivity index (χ0) is 21.9. The van der Waals surface area contributed by atoms with Gasteiger partial charge in [-0.25, -0.2) is 9.78 Å². The Morgan fingerprint density at radius 1 is 1.14 bits per heavy atom. The van der Waals surface area contributed by atoms with Gasteiger partial charge in [0.25, 0.3) is 0 Å². The summed E-state index contributed by atoms with van der Waals surface area (Å²) < 4.78 is 19.6. The number of alkyl carbamates (subject to hydrolysis) is 1. The third-order valence-electron chi connectivity index (χ3n) is 5.48. The van der Waals surface area contributed by atoms with Gasteiger partial charge in [-0.2, -0.15) is 0 Å². The number of aryl methyl sites for hydroxylation is 2. The maximum Gasteiger partial charge on any atom is 0.516 e. The molecule has 0 aliphatic carbocycles. The standard InChI is InChI=1S/C21H38BN3O4/c1-16-24-17(22-28-20(5,6)21(7,8)29-22)15-25(16)14-12-10-9-11-13-23-18(26)27-19(2,3)4/h15H,9-14H2,1-8H3,(H,23,26). The van der Waals surface area contributed by atoms with Crippen molar-refractivity contribution in [2.24, 2.45) is 0 Å². The van der Waals surface area contributed by atoms with Crippen molar-refractivity contribution in [2.75, 3.05) is 6.54 Å². The minimum Gasteiger partial charge on any atom is -0.444 e. The van der Waals surface area contributed by atoms with Crippen LogP contribution in [0, 0.1) is 6.92 Å². The molecule has 8 heteroatoms. The Bertz CT molecular complexity index is 679. The Hall–Kier alpha value is -1.54. The van der Waals surface area contributed by atoms with E-state index in [9.17, 15) is 4.79 Å². The predicted octanol–water partition coefficient (Wildman–Crippen LogP) is 3.58. The number of unbranched alkanes of at least 4 members (excludes halogenated alkanes) is 3. The molecule has 0 spiro atoms. The number of hydrogen-bond acceptors (Lipinski definition) is 5. The lowest BCUT2D eigenvalue weighted by atomic mass is 9.86. The molecule has 1 aromatic heterocycles. The number of ether oxygens (including phenoxy) is 1. The molecular formula is C21H38BN3O4. The number of imidazole rings is 1. The molecule has 0 unspecified atom stereocenters. The Kier molecular flexibility index (Phi) is 7.44. The van der Waals surface area contributed by atoms with E-state index in [-0.39, 0.29) is 17.3 Å². The molecule has 0 aromatic carbocycles. The zero-order valence-electron chi connectivity index (χ0n) is 19.4. The van der Waals surface area contributed by atoms with E-state index >= 15 is 0 Å². The van der Waals surface area contributed by atoms with Gasteiger partial charge in [0.15, 0.2) is 0 Å². The van der Waals surface area contributed by atoms with Gasteiger partial charge in [0.1, 0.15) is 11.4 Å². The molecule has 1 N–H and O–H groups in total. The van der Waals surface area contributed by atoms with E-state index in [0.29, 0.717) is 6.54 Å². The average Bonchev–Trinajstić information content (AvgIpc) is 3.01. The van der Waals surface area contributed by atoms with Crippen molar-refractivity contribution >= 4 is 18.8 Å². The third kappa shape index (κ3) is 6.74. The number of nitrogens with one attached hydrogen (secondary N) is 1. The van der Waals surface area contributed by atoms with Crippen molar-refractivity contribution in [2.45, 2.75) is 104 Å². The molecule has 0 radical (unpaired) electrons. The number of rotatable bonds is 8. The molecule has 1 aromatic rings. The van der Waals surface area contributed by atoms with Crippen LogP contribution in [-0.2, 0) is 20.6 Å². The fourth-order valence-corrected chi connectivity index (χ4v) is 3.10. The summed E-state index contributed by atoms with van der Waals surface area (Å²) >= 11 is 0. The van der Waals surface area contributed by atoms with Gasteiger partial charge in [-0.15, -0.1) is 0 Å². The number of carbonyl (C=O) groups is 1. The molecule has 1 amide bonds. The first-order valence-corrected chi connectivity index (χ1v) is 10.7. The van der Waals surface area contributed by atoms with Crippen LogP contribution in [0.3, 0.4) is 0 Å². The fraction of sp³-hybridized carbons (Fsp3) is 0.810. The largest absolute Gasteiger partial charge is 0.516 e. The minimum absolute atomic E-state index is 0.346. The molecule has 2 heterocycles. The highest BCUT2D eigenvalue weighted by Gasteiger charge is 2.52. The molecule has 1 saturated heterocycles. The van der Waals surface area contributed by atoms with Crippen LogP contribution in [0.1, 0.15) is 80.0 Å². The summed E-state index contributed by atoms with van der Waals surface area (Å²) in [7, 11) is -0.418. The normalized spacial score (nSPS) is 18.1. The highest BCUT2D eigenvalue weighted by Crippen LogP contribution is 2.36.